The van der Waals surface area contributed by atoms with Crippen LogP contribution < -0.4 is 10.9 Å². The largest absolute Gasteiger partial charge is 0.273 e. The standard InChI is InChI=1S/C15H14ClN3O2S/c16-12-5-1-2-6-13(12)22-9-7-14(20)18-19-15(21)11-4-3-8-17-10-11/h1-6,8,10H,7,9H2,(H,18,20)(H,19,21). The second-order valence-corrected chi connectivity index (χ2v) is 5.82. The summed E-state index contributed by atoms with van der Waals surface area (Å²) >= 11 is 7.52. The summed E-state index contributed by atoms with van der Waals surface area (Å²) in [5.74, 6) is -0.102. The second-order valence-electron chi connectivity index (χ2n) is 4.27. The van der Waals surface area contributed by atoms with E-state index in [2.05, 4.69) is 15.8 Å². The van der Waals surface area contributed by atoms with Gasteiger partial charge in [-0.15, -0.1) is 11.8 Å². The van der Waals surface area contributed by atoms with Crippen LogP contribution in [0.2, 0.25) is 5.02 Å². The molecule has 114 valence electrons. The van der Waals surface area contributed by atoms with Gasteiger partial charge in [0.2, 0.25) is 5.91 Å². The zero-order chi connectivity index (χ0) is 15.8. The fourth-order valence-electron chi connectivity index (χ4n) is 1.57. The Kier molecular flexibility index (Phi) is 6.24. The van der Waals surface area contributed by atoms with E-state index in [-0.39, 0.29) is 12.3 Å². The molecule has 0 aliphatic carbocycles. The molecule has 0 spiro atoms. The highest BCUT2D eigenvalue weighted by molar-refractivity contribution is 7.99. The van der Waals surface area contributed by atoms with Gasteiger partial charge in [0.1, 0.15) is 0 Å². The lowest BCUT2D eigenvalue weighted by Gasteiger charge is -2.07. The minimum absolute atomic E-state index is 0.267. The summed E-state index contributed by atoms with van der Waals surface area (Å²) in [5, 5.41) is 0.665. The van der Waals surface area contributed by atoms with Crippen molar-refractivity contribution in [3.05, 3.63) is 59.4 Å². The molecule has 2 aromatic rings. The maximum Gasteiger partial charge on any atom is 0.271 e. The molecule has 7 heteroatoms. The van der Waals surface area contributed by atoms with Crippen molar-refractivity contribution in [1.29, 1.82) is 0 Å². The average Bonchev–Trinajstić information content (AvgIpc) is 2.55. The summed E-state index contributed by atoms with van der Waals surface area (Å²) in [4.78, 5) is 28.1. The van der Waals surface area contributed by atoms with Crippen molar-refractivity contribution in [2.45, 2.75) is 11.3 Å². The smallest absolute Gasteiger partial charge is 0.271 e. The van der Waals surface area contributed by atoms with Crippen LogP contribution in [0.15, 0.2) is 53.7 Å². The summed E-state index contributed by atoms with van der Waals surface area (Å²) < 4.78 is 0. The Hall–Kier alpha value is -2.05. The monoisotopic (exact) mass is 335 g/mol. The predicted molar refractivity (Wildman–Crippen MR) is 86.6 cm³/mol. The normalized spacial score (nSPS) is 10.0. The van der Waals surface area contributed by atoms with Crippen molar-refractivity contribution in [3.63, 3.8) is 0 Å². The minimum Gasteiger partial charge on any atom is -0.273 e. The van der Waals surface area contributed by atoms with Gasteiger partial charge in [-0.2, -0.15) is 0 Å². The number of aromatic nitrogens is 1. The molecule has 0 aliphatic rings. The molecule has 2 amide bonds. The number of benzene rings is 1. The Morgan fingerprint density at radius 2 is 1.95 bits per heavy atom. The number of hydrogen-bond acceptors (Lipinski definition) is 4. The van der Waals surface area contributed by atoms with Crippen molar-refractivity contribution in [3.8, 4) is 0 Å². The van der Waals surface area contributed by atoms with Gasteiger partial charge in [0.25, 0.3) is 5.91 Å². The average molecular weight is 336 g/mol. The molecule has 2 rings (SSSR count). The molecule has 0 saturated heterocycles. The van der Waals surface area contributed by atoms with Gasteiger partial charge in [-0.25, -0.2) is 0 Å². The number of pyridine rings is 1. The van der Waals surface area contributed by atoms with Gasteiger partial charge in [-0.1, -0.05) is 23.7 Å². The van der Waals surface area contributed by atoms with Crippen LogP contribution in [-0.4, -0.2) is 22.6 Å². The van der Waals surface area contributed by atoms with E-state index in [0.29, 0.717) is 16.3 Å². The van der Waals surface area contributed by atoms with Gasteiger partial charge in [-0.3, -0.25) is 25.4 Å². The summed E-state index contributed by atoms with van der Waals surface area (Å²) in [7, 11) is 0. The van der Waals surface area contributed by atoms with E-state index in [1.165, 1.54) is 18.0 Å². The summed E-state index contributed by atoms with van der Waals surface area (Å²) in [5.41, 5.74) is 5.10. The number of thioether (sulfide) groups is 1. The molecule has 0 aliphatic heterocycles. The number of hydrogen-bond donors (Lipinski definition) is 2. The molecule has 5 nitrogen and oxygen atoms in total. The highest BCUT2D eigenvalue weighted by Crippen LogP contribution is 2.26. The maximum atomic E-state index is 11.7. The fourth-order valence-corrected chi connectivity index (χ4v) is 2.76. The van der Waals surface area contributed by atoms with Crippen molar-refractivity contribution in [2.24, 2.45) is 0 Å². The molecule has 1 aromatic heterocycles. The van der Waals surface area contributed by atoms with Crippen LogP contribution >= 0.6 is 23.4 Å². The van der Waals surface area contributed by atoms with Gasteiger partial charge in [0, 0.05) is 29.5 Å². The van der Waals surface area contributed by atoms with Crippen molar-refractivity contribution >= 4 is 35.2 Å². The van der Waals surface area contributed by atoms with E-state index in [0.717, 1.165) is 4.90 Å². The van der Waals surface area contributed by atoms with E-state index in [1.54, 1.807) is 24.4 Å². The molecule has 1 heterocycles. The molecule has 0 saturated carbocycles. The van der Waals surface area contributed by atoms with Crippen LogP contribution in [-0.2, 0) is 4.79 Å². The highest BCUT2D eigenvalue weighted by atomic mass is 35.5. The van der Waals surface area contributed by atoms with Crippen molar-refractivity contribution < 1.29 is 9.59 Å². The minimum atomic E-state index is -0.403. The molecule has 0 fully saturated rings. The maximum absolute atomic E-state index is 11.7. The first kappa shape index (κ1) is 16.3. The lowest BCUT2D eigenvalue weighted by molar-refractivity contribution is -0.121. The fraction of sp³-hybridized carbons (Fsp3) is 0.133. The molecule has 0 radical (unpaired) electrons. The molecule has 0 atom stereocenters. The van der Waals surface area contributed by atoms with Crippen LogP contribution in [0.4, 0.5) is 0 Å². The summed E-state index contributed by atoms with van der Waals surface area (Å²) in [6, 6.07) is 10.7. The molecular weight excluding hydrogens is 322 g/mol. The first-order chi connectivity index (χ1) is 10.7. The lowest BCUT2D eigenvalue weighted by Crippen LogP contribution is -2.41. The van der Waals surface area contributed by atoms with Crippen LogP contribution in [0.25, 0.3) is 0 Å². The quantitative estimate of drug-likeness (QED) is 0.651. The van der Waals surface area contributed by atoms with Crippen LogP contribution in [0, 0.1) is 0 Å². The zero-order valence-electron chi connectivity index (χ0n) is 11.6. The molecule has 2 N–H and O–H groups in total. The Balaban J connectivity index is 1.70. The molecule has 0 unspecified atom stereocenters. The van der Waals surface area contributed by atoms with Gasteiger partial charge >= 0.3 is 0 Å². The number of carbonyl (C=O) groups excluding carboxylic acids is 2. The van der Waals surface area contributed by atoms with Crippen molar-refractivity contribution in [2.75, 3.05) is 5.75 Å². The third-order valence-corrected chi connectivity index (χ3v) is 4.18. The Morgan fingerprint density at radius 1 is 1.14 bits per heavy atom. The Labute approximate surface area is 137 Å². The number of hydrazine groups is 1. The van der Waals surface area contributed by atoms with E-state index in [4.69, 9.17) is 11.6 Å². The van der Waals surface area contributed by atoms with Crippen LogP contribution in [0.5, 0.6) is 0 Å². The van der Waals surface area contributed by atoms with Gasteiger partial charge in [-0.05, 0) is 24.3 Å². The number of rotatable bonds is 5. The topological polar surface area (TPSA) is 71.1 Å². The number of halogens is 1. The molecular formula is C15H14ClN3O2S. The van der Waals surface area contributed by atoms with E-state index < -0.39 is 5.91 Å². The first-order valence-electron chi connectivity index (χ1n) is 6.53. The lowest BCUT2D eigenvalue weighted by atomic mass is 10.3. The summed E-state index contributed by atoms with van der Waals surface area (Å²) in [6.07, 6.45) is 3.26. The van der Waals surface area contributed by atoms with Crippen LogP contribution in [0.1, 0.15) is 16.8 Å². The zero-order valence-corrected chi connectivity index (χ0v) is 13.2. The molecule has 0 bridgehead atoms. The Bertz CT molecular complexity index is 652. The number of nitrogens with zero attached hydrogens (tertiary/aromatic N) is 1. The van der Waals surface area contributed by atoms with Crippen LogP contribution in [0.3, 0.4) is 0 Å². The summed E-state index contributed by atoms with van der Waals surface area (Å²) in [6.45, 7) is 0. The third-order valence-electron chi connectivity index (χ3n) is 2.66. The number of carbonyl (C=O) groups is 2. The van der Waals surface area contributed by atoms with E-state index in [1.807, 2.05) is 18.2 Å². The second kappa shape index (κ2) is 8.41. The SMILES string of the molecule is O=C(CCSc1ccccc1Cl)NNC(=O)c1cccnc1. The highest BCUT2D eigenvalue weighted by Gasteiger charge is 2.07. The Morgan fingerprint density at radius 3 is 2.68 bits per heavy atom. The third kappa shape index (κ3) is 5.05. The van der Waals surface area contributed by atoms with E-state index >= 15 is 0 Å². The van der Waals surface area contributed by atoms with Gasteiger partial charge < -0.3 is 0 Å². The number of amides is 2. The first-order valence-corrected chi connectivity index (χ1v) is 7.89. The molecule has 1 aromatic carbocycles. The van der Waals surface area contributed by atoms with Gasteiger partial charge in [0.05, 0.1) is 10.6 Å². The van der Waals surface area contributed by atoms with Crippen molar-refractivity contribution in [1.82, 2.24) is 15.8 Å². The van der Waals surface area contributed by atoms with Gasteiger partial charge in [0.15, 0.2) is 0 Å². The van der Waals surface area contributed by atoms with E-state index in [9.17, 15) is 9.59 Å². The number of nitrogens with one attached hydrogen (secondary N) is 2. The predicted octanol–water partition coefficient (Wildman–Crippen LogP) is 2.68. The molecule has 22 heavy (non-hydrogen) atoms.